The van der Waals surface area contributed by atoms with Crippen LogP contribution in [0.15, 0.2) is 91.0 Å². The van der Waals surface area contributed by atoms with Gasteiger partial charge in [0.05, 0.1) is 6.04 Å². The summed E-state index contributed by atoms with van der Waals surface area (Å²) in [5, 5.41) is 6.24. The Morgan fingerprint density at radius 2 is 1.38 bits per heavy atom. The molecular formula is C34H43N5O3. The third-order valence-electron chi connectivity index (χ3n) is 8.32. The Kier molecular flexibility index (Phi) is 11.3. The second kappa shape index (κ2) is 15.3. The molecule has 3 amide bonds. The van der Waals surface area contributed by atoms with Crippen LogP contribution in [0.25, 0.3) is 0 Å². The number of nitrogens with zero attached hydrogens (tertiary/aromatic N) is 1. The largest absolute Gasteiger partial charge is 0.344 e. The van der Waals surface area contributed by atoms with Crippen molar-refractivity contribution in [2.45, 2.75) is 62.7 Å². The zero-order valence-electron chi connectivity index (χ0n) is 24.3. The van der Waals surface area contributed by atoms with Gasteiger partial charge in [0.1, 0.15) is 12.1 Å². The summed E-state index contributed by atoms with van der Waals surface area (Å²) >= 11 is 0. The smallest absolute Gasteiger partial charge is 0.246 e. The van der Waals surface area contributed by atoms with E-state index in [0.29, 0.717) is 19.4 Å². The van der Waals surface area contributed by atoms with Gasteiger partial charge in [-0.2, -0.15) is 0 Å². The number of nitrogens with two attached hydrogens (primary N) is 2. The number of hydrogen-bond donors (Lipinski definition) is 4. The molecule has 4 unspecified atom stereocenters. The number of benzene rings is 3. The maximum Gasteiger partial charge on any atom is 0.246 e. The Morgan fingerprint density at radius 1 is 0.833 bits per heavy atom. The molecule has 8 heteroatoms. The molecule has 5 rings (SSSR count). The number of hydrogen-bond acceptors (Lipinski definition) is 5. The molecule has 0 aliphatic carbocycles. The highest BCUT2D eigenvalue weighted by Gasteiger charge is 2.47. The number of carbonyl (C=O) groups is 3. The minimum absolute atomic E-state index is 0.0320. The van der Waals surface area contributed by atoms with Gasteiger partial charge in [-0.25, -0.2) is 0 Å². The molecule has 0 saturated carbocycles. The van der Waals surface area contributed by atoms with Gasteiger partial charge in [-0.05, 0) is 62.4 Å². The molecule has 8 nitrogen and oxygen atoms in total. The maximum absolute atomic E-state index is 14.0. The van der Waals surface area contributed by atoms with Crippen molar-refractivity contribution in [2.75, 3.05) is 13.6 Å². The predicted octanol–water partition coefficient (Wildman–Crippen LogP) is 3.31. The van der Waals surface area contributed by atoms with Crippen LogP contribution in [0, 0.1) is 5.92 Å². The molecule has 2 heterocycles. The van der Waals surface area contributed by atoms with E-state index in [0.717, 1.165) is 36.0 Å². The highest BCUT2D eigenvalue weighted by Crippen LogP contribution is 2.34. The lowest BCUT2D eigenvalue weighted by Crippen LogP contribution is -2.57. The van der Waals surface area contributed by atoms with Crippen molar-refractivity contribution in [1.82, 2.24) is 15.5 Å². The van der Waals surface area contributed by atoms with Crippen molar-refractivity contribution in [3.63, 3.8) is 0 Å². The molecule has 3 aromatic rings. The van der Waals surface area contributed by atoms with Gasteiger partial charge in [0.25, 0.3) is 0 Å². The van der Waals surface area contributed by atoms with E-state index >= 15 is 0 Å². The lowest BCUT2D eigenvalue weighted by Gasteiger charge is -2.33. The fourth-order valence-corrected chi connectivity index (χ4v) is 6.16. The van der Waals surface area contributed by atoms with Crippen LogP contribution >= 0.6 is 0 Å². The molecule has 2 aliphatic heterocycles. The van der Waals surface area contributed by atoms with Gasteiger partial charge in [-0.3, -0.25) is 14.4 Å². The molecule has 4 atom stereocenters. The van der Waals surface area contributed by atoms with Gasteiger partial charge < -0.3 is 27.0 Å². The first-order chi connectivity index (χ1) is 20.5. The van der Waals surface area contributed by atoms with Crippen molar-refractivity contribution in [3.8, 4) is 0 Å². The van der Waals surface area contributed by atoms with Crippen molar-refractivity contribution in [3.05, 3.63) is 108 Å². The van der Waals surface area contributed by atoms with Crippen LogP contribution < -0.4 is 22.1 Å². The summed E-state index contributed by atoms with van der Waals surface area (Å²) in [6.07, 6.45) is 3.75. The normalized spacial score (nSPS) is 21.5. The molecule has 0 aromatic heterocycles. The number of amides is 3. The van der Waals surface area contributed by atoms with E-state index in [1.165, 1.54) is 7.05 Å². The SMILES string of the molecule is CN.NCC1CCC2CCC(C(=O)NC(c3ccccc3)c3ccccc3)N2C(=O)C1NC(=O)CCc1ccccc1. The van der Waals surface area contributed by atoms with E-state index in [-0.39, 0.29) is 42.1 Å². The van der Waals surface area contributed by atoms with E-state index in [9.17, 15) is 14.4 Å². The second-order valence-electron chi connectivity index (χ2n) is 10.9. The van der Waals surface area contributed by atoms with Gasteiger partial charge in [0, 0.05) is 18.4 Å². The van der Waals surface area contributed by atoms with E-state index in [4.69, 9.17) is 5.73 Å². The van der Waals surface area contributed by atoms with Gasteiger partial charge in [0.15, 0.2) is 0 Å². The summed E-state index contributed by atoms with van der Waals surface area (Å²) in [4.78, 5) is 42.6. The Labute approximate surface area is 248 Å². The topological polar surface area (TPSA) is 131 Å². The van der Waals surface area contributed by atoms with Crippen LogP contribution in [-0.2, 0) is 20.8 Å². The number of fused-ring (bicyclic) bond motifs is 1. The highest BCUT2D eigenvalue weighted by molar-refractivity contribution is 5.93. The molecule has 2 fully saturated rings. The summed E-state index contributed by atoms with van der Waals surface area (Å²) in [7, 11) is 1.50. The highest BCUT2D eigenvalue weighted by atomic mass is 16.2. The first-order valence-corrected chi connectivity index (χ1v) is 14.9. The Hall–Kier alpha value is -4.01. The van der Waals surface area contributed by atoms with Crippen LogP contribution in [0.5, 0.6) is 0 Å². The number of rotatable bonds is 9. The van der Waals surface area contributed by atoms with Crippen molar-refractivity contribution < 1.29 is 14.4 Å². The first kappa shape index (κ1) is 30.9. The zero-order chi connectivity index (χ0) is 29.9. The van der Waals surface area contributed by atoms with Crippen LogP contribution in [-0.4, -0.2) is 54.3 Å². The molecular weight excluding hydrogens is 526 g/mol. The van der Waals surface area contributed by atoms with Crippen LogP contribution in [0.3, 0.4) is 0 Å². The van der Waals surface area contributed by atoms with Crippen LogP contribution in [0.1, 0.15) is 54.8 Å². The molecule has 3 aromatic carbocycles. The van der Waals surface area contributed by atoms with Gasteiger partial charge in [0.2, 0.25) is 17.7 Å². The van der Waals surface area contributed by atoms with Gasteiger partial charge >= 0.3 is 0 Å². The van der Waals surface area contributed by atoms with E-state index in [1.54, 1.807) is 4.90 Å². The number of nitrogens with one attached hydrogen (secondary N) is 2. The predicted molar refractivity (Wildman–Crippen MR) is 165 cm³/mol. The molecule has 0 spiro atoms. The van der Waals surface area contributed by atoms with Crippen LogP contribution in [0.2, 0.25) is 0 Å². The quantitative estimate of drug-likeness (QED) is 0.314. The molecule has 2 saturated heterocycles. The van der Waals surface area contributed by atoms with E-state index in [2.05, 4.69) is 16.4 Å². The summed E-state index contributed by atoms with van der Waals surface area (Å²) in [6.45, 7) is 0.302. The molecule has 6 N–H and O–H groups in total. The van der Waals surface area contributed by atoms with E-state index in [1.807, 2.05) is 91.0 Å². The Balaban J connectivity index is 0.00000198. The molecule has 2 aliphatic rings. The summed E-state index contributed by atoms with van der Waals surface area (Å²) < 4.78 is 0. The second-order valence-corrected chi connectivity index (χ2v) is 10.9. The summed E-state index contributed by atoms with van der Waals surface area (Å²) in [5.74, 6) is -0.704. The average molecular weight is 570 g/mol. The van der Waals surface area contributed by atoms with Crippen molar-refractivity contribution in [2.24, 2.45) is 17.4 Å². The van der Waals surface area contributed by atoms with Crippen molar-refractivity contribution >= 4 is 17.7 Å². The average Bonchev–Trinajstić information content (AvgIpc) is 3.43. The van der Waals surface area contributed by atoms with Crippen LogP contribution in [0.4, 0.5) is 0 Å². The minimum atomic E-state index is -0.731. The Morgan fingerprint density at radius 3 is 1.95 bits per heavy atom. The third-order valence-corrected chi connectivity index (χ3v) is 8.32. The third kappa shape index (κ3) is 7.43. The maximum atomic E-state index is 14.0. The molecule has 42 heavy (non-hydrogen) atoms. The Bertz CT molecular complexity index is 1250. The lowest BCUT2D eigenvalue weighted by atomic mass is 9.93. The number of carbonyl (C=O) groups excluding carboxylic acids is 3. The zero-order valence-corrected chi connectivity index (χ0v) is 24.3. The van der Waals surface area contributed by atoms with Crippen molar-refractivity contribution in [1.29, 1.82) is 0 Å². The standard InChI is InChI=1S/C33H38N4O3.CH5N/c34-22-26-17-18-27-19-20-28(32(39)36-30(24-12-6-2-7-13-24)25-14-8-3-9-15-25)37(27)33(40)31(26)35-29(38)21-16-23-10-4-1-5-11-23;1-2/h1-15,26-28,30-31H,16-22,34H2,(H,35,38)(H,36,39);2H2,1H3. The lowest BCUT2D eigenvalue weighted by molar-refractivity contribution is -0.143. The van der Waals surface area contributed by atoms with Gasteiger partial charge in [-0.1, -0.05) is 91.0 Å². The summed E-state index contributed by atoms with van der Waals surface area (Å²) in [5.41, 5.74) is 13.6. The van der Waals surface area contributed by atoms with Gasteiger partial charge in [-0.15, -0.1) is 0 Å². The van der Waals surface area contributed by atoms with E-state index < -0.39 is 12.1 Å². The molecule has 222 valence electrons. The summed E-state index contributed by atoms with van der Waals surface area (Å²) in [6, 6.07) is 27.9. The minimum Gasteiger partial charge on any atom is -0.344 e. The number of aryl methyl sites for hydroxylation is 1. The molecule has 0 bridgehead atoms. The monoisotopic (exact) mass is 569 g/mol. The molecule has 0 radical (unpaired) electrons. The fourth-order valence-electron chi connectivity index (χ4n) is 6.16. The first-order valence-electron chi connectivity index (χ1n) is 14.9. The fraction of sp³-hybridized carbons (Fsp3) is 0.382.